The number of hydrazone groups is 1. The maximum atomic E-state index is 12.0. The van der Waals surface area contributed by atoms with Crippen molar-refractivity contribution in [3.8, 4) is 11.5 Å². The van der Waals surface area contributed by atoms with E-state index in [2.05, 4.69) is 15.3 Å². The summed E-state index contributed by atoms with van der Waals surface area (Å²) in [5, 5.41) is 4.15. The van der Waals surface area contributed by atoms with Crippen molar-refractivity contribution in [2.75, 3.05) is 20.8 Å². The number of nitrogens with zero attached hydrogens (tertiary/aromatic N) is 1. The first-order chi connectivity index (χ1) is 12.9. The van der Waals surface area contributed by atoms with Crippen molar-refractivity contribution in [3.05, 3.63) is 58.1 Å². The Labute approximate surface area is 161 Å². The minimum atomic E-state index is -0.544. The number of halogens is 1. The van der Waals surface area contributed by atoms with Crippen LogP contribution in [0, 0.1) is 6.92 Å². The number of esters is 1. The summed E-state index contributed by atoms with van der Waals surface area (Å²) in [6.45, 7) is 1.64. The van der Waals surface area contributed by atoms with Crippen molar-refractivity contribution in [2.24, 2.45) is 5.10 Å². The molecule has 0 spiro atoms. The first-order valence-electron chi connectivity index (χ1n) is 7.91. The zero-order chi connectivity index (χ0) is 19.8. The third-order valence-electron chi connectivity index (χ3n) is 3.51. The average molecular weight is 391 g/mol. The van der Waals surface area contributed by atoms with Gasteiger partial charge in [0.15, 0.2) is 18.1 Å². The number of methoxy groups -OCH3 is 2. The fourth-order valence-corrected chi connectivity index (χ4v) is 2.35. The lowest BCUT2D eigenvalue weighted by molar-refractivity contribution is -0.142. The van der Waals surface area contributed by atoms with Crippen LogP contribution in [-0.4, -0.2) is 38.9 Å². The fraction of sp³-hybridized carbons (Fsp3) is 0.211. The average Bonchev–Trinajstić information content (AvgIpc) is 2.66. The predicted octanol–water partition coefficient (Wildman–Crippen LogP) is 2.97. The molecule has 0 saturated heterocycles. The Balaban J connectivity index is 2.08. The van der Waals surface area contributed by atoms with E-state index in [9.17, 15) is 9.59 Å². The second-order valence-corrected chi connectivity index (χ2v) is 5.87. The molecule has 0 saturated carbocycles. The Morgan fingerprint density at radius 3 is 2.52 bits per heavy atom. The van der Waals surface area contributed by atoms with Crippen molar-refractivity contribution >= 4 is 29.7 Å². The zero-order valence-electron chi connectivity index (χ0n) is 15.1. The van der Waals surface area contributed by atoms with Gasteiger partial charge in [0, 0.05) is 5.56 Å². The van der Waals surface area contributed by atoms with Crippen LogP contribution in [0.1, 0.15) is 21.5 Å². The molecule has 0 atom stereocenters. The number of carbonyl (C=O) groups excluding carboxylic acids is 2. The molecule has 0 radical (unpaired) electrons. The van der Waals surface area contributed by atoms with Crippen LogP contribution in [0.25, 0.3) is 0 Å². The SMILES string of the molecule is COC(=O)COc1c(Cl)cc(C=NNC(=O)c2ccc(C)cc2)cc1OC. The van der Waals surface area contributed by atoms with E-state index in [0.29, 0.717) is 16.9 Å². The highest BCUT2D eigenvalue weighted by Gasteiger charge is 2.13. The minimum Gasteiger partial charge on any atom is -0.493 e. The number of ether oxygens (including phenoxy) is 3. The number of nitrogens with one attached hydrogen (secondary N) is 1. The van der Waals surface area contributed by atoms with Crippen LogP contribution in [0.3, 0.4) is 0 Å². The van der Waals surface area contributed by atoms with Gasteiger partial charge in [-0.1, -0.05) is 29.3 Å². The van der Waals surface area contributed by atoms with Gasteiger partial charge in [0.25, 0.3) is 5.91 Å². The number of hydrogen-bond acceptors (Lipinski definition) is 6. The summed E-state index contributed by atoms with van der Waals surface area (Å²) in [5.41, 5.74) is 4.58. The Morgan fingerprint density at radius 1 is 1.19 bits per heavy atom. The zero-order valence-corrected chi connectivity index (χ0v) is 15.9. The Bertz CT molecular complexity index is 850. The molecule has 0 bridgehead atoms. The lowest BCUT2D eigenvalue weighted by atomic mass is 10.1. The summed E-state index contributed by atoms with van der Waals surface area (Å²) in [5.74, 6) is -0.344. The standard InChI is InChI=1S/C19H19ClN2O5/c1-12-4-6-14(7-5-12)19(24)22-21-10-13-8-15(20)18(16(9-13)25-2)27-11-17(23)26-3/h4-10H,11H2,1-3H3,(H,22,24). The molecule has 2 aromatic rings. The highest BCUT2D eigenvalue weighted by molar-refractivity contribution is 6.32. The molecule has 0 aliphatic rings. The van der Waals surface area contributed by atoms with Crippen molar-refractivity contribution in [3.63, 3.8) is 0 Å². The second kappa shape index (κ2) is 9.59. The third-order valence-corrected chi connectivity index (χ3v) is 3.79. The molecule has 2 rings (SSSR count). The van der Waals surface area contributed by atoms with E-state index in [1.54, 1.807) is 24.3 Å². The van der Waals surface area contributed by atoms with Crippen LogP contribution < -0.4 is 14.9 Å². The molecule has 8 heteroatoms. The summed E-state index contributed by atoms with van der Waals surface area (Å²) >= 11 is 6.19. The van der Waals surface area contributed by atoms with Gasteiger partial charge in [0.2, 0.25) is 0 Å². The maximum Gasteiger partial charge on any atom is 0.343 e. The van der Waals surface area contributed by atoms with Gasteiger partial charge in [-0.05, 0) is 36.8 Å². The Morgan fingerprint density at radius 2 is 1.89 bits per heavy atom. The lowest BCUT2D eigenvalue weighted by Crippen LogP contribution is -2.17. The van der Waals surface area contributed by atoms with Gasteiger partial charge in [0.1, 0.15) is 0 Å². The van der Waals surface area contributed by atoms with E-state index < -0.39 is 5.97 Å². The molecule has 0 aromatic heterocycles. The minimum absolute atomic E-state index is 0.213. The predicted molar refractivity (Wildman–Crippen MR) is 102 cm³/mol. The quantitative estimate of drug-likeness (QED) is 0.446. The van der Waals surface area contributed by atoms with Gasteiger partial charge in [-0.25, -0.2) is 10.2 Å². The smallest absolute Gasteiger partial charge is 0.343 e. The van der Waals surface area contributed by atoms with Crippen LogP contribution >= 0.6 is 11.6 Å². The summed E-state index contributed by atoms with van der Waals surface area (Å²) in [6.07, 6.45) is 1.42. The van der Waals surface area contributed by atoms with Gasteiger partial charge in [-0.15, -0.1) is 0 Å². The highest BCUT2D eigenvalue weighted by atomic mass is 35.5. The third kappa shape index (κ3) is 5.72. The summed E-state index contributed by atoms with van der Waals surface area (Å²) < 4.78 is 15.1. The fourth-order valence-electron chi connectivity index (χ4n) is 2.08. The van der Waals surface area contributed by atoms with E-state index >= 15 is 0 Å². The molecule has 142 valence electrons. The van der Waals surface area contributed by atoms with Crippen LogP contribution in [0.5, 0.6) is 11.5 Å². The number of carbonyl (C=O) groups is 2. The van der Waals surface area contributed by atoms with Gasteiger partial charge in [0.05, 0.1) is 25.5 Å². The van der Waals surface area contributed by atoms with E-state index in [-0.39, 0.29) is 23.3 Å². The number of aryl methyl sites for hydroxylation is 1. The first kappa shape index (κ1) is 20.3. The molecule has 2 aromatic carbocycles. The van der Waals surface area contributed by atoms with Crippen LogP contribution in [0.2, 0.25) is 5.02 Å². The van der Waals surface area contributed by atoms with Crippen LogP contribution in [0.4, 0.5) is 0 Å². The largest absolute Gasteiger partial charge is 0.493 e. The van der Waals surface area contributed by atoms with E-state index in [1.165, 1.54) is 20.4 Å². The lowest BCUT2D eigenvalue weighted by Gasteiger charge is -2.12. The van der Waals surface area contributed by atoms with Crippen molar-refractivity contribution < 1.29 is 23.8 Å². The summed E-state index contributed by atoms with van der Waals surface area (Å²) in [6, 6.07) is 10.3. The Kier molecular flexibility index (Phi) is 7.19. The van der Waals surface area contributed by atoms with Gasteiger partial charge in [-0.2, -0.15) is 5.10 Å². The second-order valence-electron chi connectivity index (χ2n) is 5.46. The monoisotopic (exact) mass is 390 g/mol. The molecule has 1 amide bonds. The molecular formula is C19H19ClN2O5. The van der Waals surface area contributed by atoms with Gasteiger partial charge < -0.3 is 14.2 Å². The molecule has 27 heavy (non-hydrogen) atoms. The number of rotatable bonds is 7. The highest BCUT2D eigenvalue weighted by Crippen LogP contribution is 2.36. The molecule has 0 unspecified atom stereocenters. The number of amides is 1. The van der Waals surface area contributed by atoms with Gasteiger partial charge in [-0.3, -0.25) is 4.79 Å². The van der Waals surface area contributed by atoms with Gasteiger partial charge >= 0.3 is 5.97 Å². The van der Waals surface area contributed by atoms with Crippen molar-refractivity contribution in [1.29, 1.82) is 0 Å². The molecular weight excluding hydrogens is 372 g/mol. The van der Waals surface area contributed by atoms with Crippen LogP contribution in [-0.2, 0) is 9.53 Å². The topological polar surface area (TPSA) is 86.2 Å². The van der Waals surface area contributed by atoms with E-state index in [0.717, 1.165) is 5.56 Å². The summed E-state index contributed by atoms with van der Waals surface area (Å²) in [4.78, 5) is 23.2. The van der Waals surface area contributed by atoms with E-state index in [1.807, 2.05) is 19.1 Å². The van der Waals surface area contributed by atoms with Crippen molar-refractivity contribution in [1.82, 2.24) is 5.43 Å². The van der Waals surface area contributed by atoms with E-state index in [4.69, 9.17) is 21.1 Å². The molecule has 0 aliphatic heterocycles. The maximum absolute atomic E-state index is 12.0. The molecule has 0 heterocycles. The van der Waals surface area contributed by atoms with Crippen LogP contribution in [0.15, 0.2) is 41.5 Å². The molecule has 0 fully saturated rings. The number of hydrogen-bond donors (Lipinski definition) is 1. The molecule has 0 aliphatic carbocycles. The first-order valence-corrected chi connectivity index (χ1v) is 8.29. The molecule has 1 N–H and O–H groups in total. The Hall–Kier alpha value is -3.06. The molecule has 7 nitrogen and oxygen atoms in total. The normalized spacial score (nSPS) is 10.5. The van der Waals surface area contributed by atoms with Crippen molar-refractivity contribution in [2.45, 2.75) is 6.92 Å². The number of benzene rings is 2. The summed E-state index contributed by atoms with van der Waals surface area (Å²) in [7, 11) is 2.70.